The molecule has 1 unspecified atom stereocenters. The maximum absolute atomic E-state index is 5.56. The lowest BCUT2D eigenvalue weighted by Crippen LogP contribution is -2.35. The van der Waals surface area contributed by atoms with Gasteiger partial charge in [0.1, 0.15) is 5.76 Å². The van der Waals surface area contributed by atoms with Gasteiger partial charge < -0.3 is 9.73 Å². The first-order valence-electron chi connectivity index (χ1n) is 4.63. The van der Waals surface area contributed by atoms with Gasteiger partial charge in [-0.05, 0) is 25.8 Å². The zero-order chi connectivity index (χ0) is 8.18. The quantitative estimate of drug-likeness (QED) is 0.632. The number of nitrogens with one attached hydrogen (secondary N) is 1. The summed E-state index contributed by atoms with van der Waals surface area (Å²) in [6, 6.07) is 2.58. The highest BCUT2D eigenvalue weighted by Gasteiger charge is 2.50. The predicted octanol–water partition coefficient (Wildman–Crippen LogP) is 1.98. The molecule has 1 aliphatic heterocycles. The van der Waals surface area contributed by atoms with E-state index in [4.69, 9.17) is 4.42 Å². The lowest BCUT2D eigenvalue weighted by molar-refractivity contribution is 0.378. The van der Waals surface area contributed by atoms with Crippen LogP contribution < -0.4 is 5.32 Å². The molecule has 1 N–H and O–H groups in total. The van der Waals surface area contributed by atoms with Gasteiger partial charge in [-0.25, -0.2) is 0 Å². The second-order valence-electron chi connectivity index (χ2n) is 4.09. The van der Waals surface area contributed by atoms with Gasteiger partial charge in [-0.3, -0.25) is 0 Å². The molecule has 0 aromatic carbocycles. The van der Waals surface area contributed by atoms with Crippen molar-refractivity contribution < 1.29 is 4.42 Å². The van der Waals surface area contributed by atoms with E-state index in [9.17, 15) is 0 Å². The van der Waals surface area contributed by atoms with E-state index in [-0.39, 0.29) is 0 Å². The summed E-state index contributed by atoms with van der Waals surface area (Å²) in [5, 5.41) is 3.52. The van der Waals surface area contributed by atoms with Crippen molar-refractivity contribution in [2.24, 2.45) is 0 Å². The van der Waals surface area contributed by atoms with Crippen molar-refractivity contribution in [1.29, 1.82) is 0 Å². The van der Waals surface area contributed by atoms with Crippen LogP contribution in [0.1, 0.15) is 37.1 Å². The number of hydrogen-bond acceptors (Lipinski definition) is 2. The molecule has 1 saturated carbocycles. The SMILES string of the molecule is CC1NCC2(CC2)c2occc21. The lowest BCUT2D eigenvalue weighted by atomic mass is 9.92. The van der Waals surface area contributed by atoms with Crippen molar-refractivity contribution in [3.05, 3.63) is 23.7 Å². The van der Waals surface area contributed by atoms with Gasteiger partial charge in [0.15, 0.2) is 0 Å². The molecule has 2 aliphatic rings. The van der Waals surface area contributed by atoms with Crippen LogP contribution in [0.15, 0.2) is 16.7 Å². The van der Waals surface area contributed by atoms with Crippen LogP contribution in [0.2, 0.25) is 0 Å². The van der Waals surface area contributed by atoms with Crippen LogP contribution in [-0.4, -0.2) is 6.54 Å². The highest BCUT2D eigenvalue weighted by atomic mass is 16.3. The molecule has 2 nitrogen and oxygen atoms in total. The standard InChI is InChI=1S/C10H13NO/c1-7-8-2-5-12-9(8)10(3-4-10)6-11-7/h2,5,7,11H,3-4,6H2,1H3. The van der Waals surface area contributed by atoms with E-state index in [0.29, 0.717) is 11.5 Å². The Kier molecular flexibility index (Phi) is 1.09. The molecular formula is C10H13NO. The van der Waals surface area contributed by atoms with Gasteiger partial charge in [-0.15, -0.1) is 0 Å². The van der Waals surface area contributed by atoms with Crippen molar-refractivity contribution in [3.63, 3.8) is 0 Å². The van der Waals surface area contributed by atoms with E-state index in [1.54, 1.807) is 0 Å². The number of fused-ring (bicyclic) bond motifs is 2. The highest BCUT2D eigenvalue weighted by molar-refractivity contribution is 5.36. The first-order chi connectivity index (χ1) is 5.82. The van der Waals surface area contributed by atoms with E-state index in [0.717, 1.165) is 6.54 Å². The normalized spacial score (nSPS) is 30.2. The van der Waals surface area contributed by atoms with E-state index in [1.165, 1.54) is 24.2 Å². The number of rotatable bonds is 0. The maximum Gasteiger partial charge on any atom is 0.115 e. The zero-order valence-electron chi connectivity index (χ0n) is 7.26. The summed E-state index contributed by atoms with van der Waals surface area (Å²) in [7, 11) is 0. The minimum Gasteiger partial charge on any atom is -0.468 e. The molecule has 12 heavy (non-hydrogen) atoms. The van der Waals surface area contributed by atoms with Crippen molar-refractivity contribution >= 4 is 0 Å². The third-order valence-corrected chi connectivity index (χ3v) is 3.24. The molecule has 1 aliphatic carbocycles. The summed E-state index contributed by atoms with van der Waals surface area (Å²) in [4.78, 5) is 0. The molecule has 1 atom stereocenters. The Morgan fingerprint density at radius 1 is 1.58 bits per heavy atom. The monoisotopic (exact) mass is 163 g/mol. The second-order valence-corrected chi connectivity index (χ2v) is 4.09. The Bertz CT molecular complexity index is 311. The summed E-state index contributed by atoms with van der Waals surface area (Å²) in [5.41, 5.74) is 1.77. The third kappa shape index (κ3) is 0.686. The van der Waals surface area contributed by atoms with Crippen LogP contribution in [0, 0.1) is 0 Å². The largest absolute Gasteiger partial charge is 0.468 e. The Morgan fingerprint density at radius 3 is 3.17 bits per heavy atom. The fourth-order valence-electron chi connectivity index (χ4n) is 2.18. The molecule has 64 valence electrons. The summed E-state index contributed by atoms with van der Waals surface area (Å²) >= 11 is 0. The molecule has 1 fully saturated rings. The summed E-state index contributed by atoms with van der Waals surface area (Å²) in [6.07, 6.45) is 4.43. The van der Waals surface area contributed by atoms with Crippen molar-refractivity contribution in [2.45, 2.75) is 31.2 Å². The van der Waals surface area contributed by atoms with Crippen molar-refractivity contribution in [3.8, 4) is 0 Å². The molecule has 2 heteroatoms. The summed E-state index contributed by atoms with van der Waals surface area (Å²) < 4.78 is 5.56. The maximum atomic E-state index is 5.56. The van der Waals surface area contributed by atoms with E-state index < -0.39 is 0 Å². The van der Waals surface area contributed by atoms with Crippen LogP contribution >= 0.6 is 0 Å². The minimum atomic E-state index is 0.394. The first kappa shape index (κ1) is 6.72. The van der Waals surface area contributed by atoms with Gasteiger partial charge in [-0.2, -0.15) is 0 Å². The predicted molar refractivity (Wildman–Crippen MR) is 46.0 cm³/mol. The second kappa shape index (κ2) is 1.94. The fourth-order valence-corrected chi connectivity index (χ4v) is 2.18. The van der Waals surface area contributed by atoms with Gasteiger partial charge >= 0.3 is 0 Å². The van der Waals surface area contributed by atoms with Crippen LogP contribution in [0.3, 0.4) is 0 Å². The molecule has 1 spiro atoms. The Balaban J connectivity index is 2.14. The Hall–Kier alpha value is -0.760. The molecule has 0 amide bonds. The number of furan rings is 1. The molecule has 1 aromatic rings. The van der Waals surface area contributed by atoms with Crippen LogP contribution in [0.5, 0.6) is 0 Å². The Morgan fingerprint density at radius 2 is 2.42 bits per heavy atom. The average molecular weight is 163 g/mol. The van der Waals surface area contributed by atoms with E-state index in [1.807, 2.05) is 6.26 Å². The van der Waals surface area contributed by atoms with Gasteiger partial charge in [-0.1, -0.05) is 0 Å². The van der Waals surface area contributed by atoms with E-state index >= 15 is 0 Å². The van der Waals surface area contributed by atoms with Gasteiger partial charge in [0.05, 0.1) is 6.26 Å². The molecule has 2 heterocycles. The Labute approximate surface area is 72.0 Å². The molecule has 0 bridgehead atoms. The minimum absolute atomic E-state index is 0.394. The smallest absolute Gasteiger partial charge is 0.115 e. The number of hydrogen-bond donors (Lipinski definition) is 1. The van der Waals surface area contributed by atoms with Crippen LogP contribution in [0.25, 0.3) is 0 Å². The van der Waals surface area contributed by atoms with Crippen LogP contribution in [0.4, 0.5) is 0 Å². The van der Waals surface area contributed by atoms with Gasteiger partial charge in [0, 0.05) is 23.6 Å². The third-order valence-electron chi connectivity index (χ3n) is 3.24. The zero-order valence-corrected chi connectivity index (χ0v) is 7.26. The summed E-state index contributed by atoms with van der Waals surface area (Å²) in [6.45, 7) is 3.30. The highest BCUT2D eigenvalue weighted by Crippen LogP contribution is 2.52. The molecule has 0 radical (unpaired) electrons. The average Bonchev–Trinajstić information content (AvgIpc) is 2.64. The molecular weight excluding hydrogens is 150 g/mol. The molecule has 0 saturated heterocycles. The molecule has 1 aromatic heterocycles. The van der Waals surface area contributed by atoms with Crippen molar-refractivity contribution in [1.82, 2.24) is 5.32 Å². The fraction of sp³-hybridized carbons (Fsp3) is 0.600. The van der Waals surface area contributed by atoms with Crippen molar-refractivity contribution in [2.75, 3.05) is 6.54 Å². The molecule has 3 rings (SSSR count). The van der Waals surface area contributed by atoms with Gasteiger partial charge in [0.25, 0.3) is 0 Å². The summed E-state index contributed by atoms with van der Waals surface area (Å²) in [5.74, 6) is 1.26. The van der Waals surface area contributed by atoms with Gasteiger partial charge in [0.2, 0.25) is 0 Å². The first-order valence-corrected chi connectivity index (χ1v) is 4.63. The van der Waals surface area contributed by atoms with Crippen LogP contribution in [-0.2, 0) is 5.41 Å². The van der Waals surface area contributed by atoms with E-state index in [2.05, 4.69) is 18.3 Å². The lowest BCUT2D eigenvalue weighted by Gasteiger charge is -2.26. The topological polar surface area (TPSA) is 25.2 Å².